The van der Waals surface area contributed by atoms with E-state index < -0.39 is 0 Å². The summed E-state index contributed by atoms with van der Waals surface area (Å²) in [5.41, 5.74) is 0. The Morgan fingerprint density at radius 2 is 1.94 bits per heavy atom. The molecule has 0 aromatic carbocycles. The molecular weight excluding hydrogens is 200 g/mol. The number of likely N-dealkylation sites (N-methyl/N-ethyl adjacent to an activating group) is 1. The van der Waals surface area contributed by atoms with Gasteiger partial charge in [-0.3, -0.25) is 9.69 Å². The van der Waals surface area contributed by atoms with Crippen molar-refractivity contribution in [1.29, 1.82) is 0 Å². The van der Waals surface area contributed by atoms with E-state index >= 15 is 0 Å². The fourth-order valence-corrected chi connectivity index (χ4v) is 2.86. The Hall–Kier alpha value is -0.410. The van der Waals surface area contributed by atoms with Crippen molar-refractivity contribution in [3.05, 3.63) is 0 Å². The first-order valence-electron chi connectivity index (χ1n) is 6.62. The summed E-state index contributed by atoms with van der Waals surface area (Å²) in [4.78, 5) is 16.8. The highest BCUT2D eigenvalue weighted by Gasteiger charge is 2.27. The Morgan fingerprint density at radius 1 is 1.25 bits per heavy atom. The standard InChI is InChI=1S/C13H24N2O/c1-11-9-15(8-7-14(11)2)10-13(16)12-5-3-4-6-12/h11-12H,3-10H2,1-2H3. The van der Waals surface area contributed by atoms with Crippen LogP contribution in [0.25, 0.3) is 0 Å². The van der Waals surface area contributed by atoms with Crippen LogP contribution >= 0.6 is 0 Å². The zero-order valence-electron chi connectivity index (χ0n) is 10.6. The molecule has 0 aromatic rings. The Balaban J connectivity index is 1.78. The Labute approximate surface area is 98.8 Å². The van der Waals surface area contributed by atoms with Crippen LogP contribution in [-0.4, -0.2) is 54.9 Å². The minimum atomic E-state index is 0.384. The SMILES string of the molecule is CC1CN(CC(=O)C2CCCC2)CCN1C. The van der Waals surface area contributed by atoms with Crippen molar-refractivity contribution in [2.45, 2.75) is 38.6 Å². The normalized spacial score (nSPS) is 29.8. The number of ketones is 1. The zero-order chi connectivity index (χ0) is 11.5. The lowest BCUT2D eigenvalue weighted by Crippen LogP contribution is -2.51. The highest BCUT2D eigenvalue weighted by molar-refractivity contribution is 5.83. The van der Waals surface area contributed by atoms with Gasteiger partial charge >= 0.3 is 0 Å². The third-order valence-electron chi connectivity index (χ3n) is 4.23. The fourth-order valence-electron chi connectivity index (χ4n) is 2.86. The number of Topliss-reactive ketones (excluding diaryl/α,β-unsaturated/α-hetero) is 1. The van der Waals surface area contributed by atoms with Crippen LogP contribution in [0, 0.1) is 5.92 Å². The molecule has 1 atom stereocenters. The van der Waals surface area contributed by atoms with Crippen molar-refractivity contribution in [1.82, 2.24) is 9.80 Å². The molecule has 0 amide bonds. The second-order valence-electron chi connectivity index (χ2n) is 5.51. The van der Waals surface area contributed by atoms with Crippen LogP contribution in [-0.2, 0) is 4.79 Å². The summed E-state index contributed by atoms with van der Waals surface area (Å²) in [7, 11) is 2.17. The molecule has 1 aliphatic heterocycles. The van der Waals surface area contributed by atoms with E-state index in [0.717, 1.165) is 32.5 Å². The van der Waals surface area contributed by atoms with Crippen molar-refractivity contribution in [2.24, 2.45) is 5.92 Å². The number of nitrogens with zero attached hydrogens (tertiary/aromatic N) is 2. The van der Waals surface area contributed by atoms with Crippen molar-refractivity contribution in [3.8, 4) is 0 Å². The Bertz CT molecular complexity index is 248. The molecule has 2 fully saturated rings. The molecule has 1 heterocycles. The van der Waals surface area contributed by atoms with Crippen molar-refractivity contribution >= 4 is 5.78 Å². The molecule has 3 nitrogen and oxygen atoms in total. The molecular formula is C13H24N2O. The predicted octanol–water partition coefficient (Wildman–Crippen LogP) is 1.38. The summed E-state index contributed by atoms with van der Waals surface area (Å²) in [6, 6.07) is 0.588. The van der Waals surface area contributed by atoms with E-state index in [9.17, 15) is 4.79 Å². The topological polar surface area (TPSA) is 23.6 Å². The monoisotopic (exact) mass is 224 g/mol. The summed E-state index contributed by atoms with van der Waals surface area (Å²) >= 11 is 0. The van der Waals surface area contributed by atoms with Crippen LogP contribution in [0.2, 0.25) is 0 Å². The van der Waals surface area contributed by atoms with Gasteiger partial charge in [0.25, 0.3) is 0 Å². The van der Waals surface area contributed by atoms with Gasteiger partial charge in [0.05, 0.1) is 6.54 Å². The van der Waals surface area contributed by atoms with Gasteiger partial charge in [-0.25, -0.2) is 0 Å². The first-order chi connectivity index (χ1) is 7.66. The van der Waals surface area contributed by atoms with Crippen LogP contribution < -0.4 is 0 Å². The molecule has 0 N–H and O–H groups in total. The Kier molecular flexibility index (Phi) is 3.98. The smallest absolute Gasteiger partial charge is 0.149 e. The maximum atomic E-state index is 12.0. The lowest BCUT2D eigenvalue weighted by atomic mass is 10.0. The van der Waals surface area contributed by atoms with E-state index in [2.05, 4.69) is 23.8 Å². The summed E-state index contributed by atoms with van der Waals surface area (Å²) in [6.07, 6.45) is 4.80. The van der Waals surface area contributed by atoms with E-state index in [0.29, 0.717) is 24.3 Å². The summed E-state index contributed by atoms with van der Waals surface area (Å²) in [5, 5.41) is 0. The van der Waals surface area contributed by atoms with Crippen molar-refractivity contribution in [2.75, 3.05) is 33.2 Å². The number of hydrogen-bond donors (Lipinski definition) is 0. The zero-order valence-corrected chi connectivity index (χ0v) is 10.6. The maximum absolute atomic E-state index is 12.0. The van der Waals surface area contributed by atoms with Gasteiger partial charge < -0.3 is 4.90 Å². The van der Waals surface area contributed by atoms with Gasteiger partial charge in [0.1, 0.15) is 5.78 Å². The van der Waals surface area contributed by atoms with E-state index in [4.69, 9.17) is 0 Å². The van der Waals surface area contributed by atoms with E-state index in [1.807, 2.05) is 0 Å². The van der Waals surface area contributed by atoms with E-state index in [-0.39, 0.29) is 0 Å². The second-order valence-corrected chi connectivity index (χ2v) is 5.51. The Morgan fingerprint density at radius 3 is 2.56 bits per heavy atom. The quantitative estimate of drug-likeness (QED) is 0.723. The molecule has 0 radical (unpaired) electrons. The maximum Gasteiger partial charge on any atom is 0.149 e. The predicted molar refractivity (Wildman–Crippen MR) is 65.5 cm³/mol. The first kappa shape index (κ1) is 12.1. The lowest BCUT2D eigenvalue weighted by molar-refractivity contribution is -0.124. The molecule has 2 aliphatic rings. The minimum absolute atomic E-state index is 0.384. The molecule has 0 spiro atoms. The molecule has 3 heteroatoms. The number of rotatable bonds is 3. The van der Waals surface area contributed by atoms with E-state index in [1.165, 1.54) is 12.8 Å². The first-order valence-corrected chi connectivity index (χ1v) is 6.62. The van der Waals surface area contributed by atoms with Gasteiger partial charge in [-0.1, -0.05) is 12.8 Å². The number of carbonyl (C=O) groups is 1. The third-order valence-corrected chi connectivity index (χ3v) is 4.23. The minimum Gasteiger partial charge on any atom is -0.301 e. The second kappa shape index (κ2) is 5.28. The molecule has 1 aliphatic carbocycles. The largest absolute Gasteiger partial charge is 0.301 e. The van der Waals surface area contributed by atoms with Crippen LogP contribution in [0.4, 0.5) is 0 Å². The average molecular weight is 224 g/mol. The molecule has 16 heavy (non-hydrogen) atoms. The van der Waals surface area contributed by atoms with Crippen LogP contribution in [0.1, 0.15) is 32.6 Å². The molecule has 1 saturated heterocycles. The lowest BCUT2D eigenvalue weighted by Gasteiger charge is -2.37. The fraction of sp³-hybridized carbons (Fsp3) is 0.923. The molecule has 0 aromatic heterocycles. The van der Waals surface area contributed by atoms with Gasteiger partial charge in [0.2, 0.25) is 0 Å². The van der Waals surface area contributed by atoms with Gasteiger partial charge in [0.15, 0.2) is 0 Å². The third kappa shape index (κ3) is 2.83. The van der Waals surface area contributed by atoms with Gasteiger partial charge in [-0.15, -0.1) is 0 Å². The highest BCUT2D eigenvalue weighted by Crippen LogP contribution is 2.25. The van der Waals surface area contributed by atoms with Gasteiger partial charge in [-0.05, 0) is 26.8 Å². The molecule has 92 valence electrons. The van der Waals surface area contributed by atoms with Gasteiger partial charge in [-0.2, -0.15) is 0 Å². The average Bonchev–Trinajstić information content (AvgIpc) is 2.77. The molecule has 1 unspecified atom stereocenters. The van der Waals surface area contributed by atoms with Crippen molar-refractivity contribution in [3.63, 3.8) is 0 Å². The van der Waals surface area contributed by atoms with Crippen LogP contribution in [0.15, 0.2) is 0 Å². The highest BCUT2D eigenvalue weighted by atomic mass is 16.1. The molecule has 1 saturated carbocycles. The summed E-state index contributed by atoms with van der Waals surface area (Å²) < 4.78 is 0. The number of carbonyl (C=O) groups excluding carboxylic acids is 1. The van der Waals surface area contributed by atoms with E-state index in [1.54, 1.807) is 0 Å². The van der Waals surface area contributed by atoms with Crippen molar-refractivity contribution < 1.29 is 4.79 Å². The van der Waals surface area contributed by atoms with Crippen LogP contribution in [0.5, 0.6) is 0 Å². The summed E-state index contributed by atoms with van der Waals surface area (Å²) in [5.74, 6) is 0.879. The van der Waals surface area contributed by atoms with Gasteiger partial charge in [0, 0.05) is 31.6 Å². The molecule has 2 rings (SSSR count). The molecule has 0 bridgehead atoms. The number of hydrogen-bond acceptors (Lipinski definition) is 3. The van der Waals surface area contributed by atoms with Crippen LogP contribution in [0.3, 0.4) is 0 Å². The summed E-state index contributed by atoms with van der Waals surface area (Å²) in [6.45, 7) is 6.14. The number of piperazine rings is 1.